The van der Waals surface area contributed by atoms with Crippen molar-refractivity contribution in [3.8, 4) is 0 Å². The van der Waals surface area contributed by atoms with Gasteiger partial charge in [-0.05, 0) is 36.1 Å². The van der Waals surface area contributed by atoms with E-state index in [2.05, 4.69) is 27.2 Å². The fourth-order valence-electron chi connectivity index (χ4n) is 4.79. The molecule has 0 radical (unpaired) electrons. The Morgan fingerprint density at radius 1 is 1.03 bits per heavy atom. The summed E-state index contributed by atoms with van der Waals surface area (Å²) in [5, 5.41) is 2.92. The van der Waals surface area contributed by atoms with Crippen LogP contribution in [-0.4, -0.2) is 71.5 Å². The van der Waals surface area contributed by atoms with E-state index in [-0.39, 0.29) is 11.9 Å². The number of nitrogens with one attached hydrogen (secondary N) is 1. The molecule has 1 saturated heterocycles. The van der Waals surface area contributed by atoms with E-state index >= 15 is 0 Å². The molecule has 0 atom stereocenters. The van der Waals surface area contributed by atoms with Crippen molar-refractivity contribution in [3.05, 3.63) is 54.0 Å². The lowest BCUT2D eigenvalue weighted by Crippen LogP contribution is -2.53. The van der Waals surface area contributed by atoms with Crippen molar-refractivity contribution < 1.29 is 9.59 Å². The number of hydrogen-bond acceptors (Lipinski definition) is 5. The van der Waals surface area contributed by atoms with E-state index in [1.54, 1.807) is 28.4 Å². The van der Waals surface area contributed by atoms with E-state index < -0.39 is 0 Å². The van der Waals surface area contributed by atoms with Gasteiger partial charge in [0.25, 0.3) is 5.91 Å². The number of pyridine rings is 2. The smallest absolute Gasteiger partial charge is 0.317 e. The van der Waals surface area contributed by atoms with E-state index in [0.29, 0.717) is 38.3 Å². The van der Waals surface area contributed by atoms with E-state index in [9.17, 15) is 9.59 Å². The molecule has 4 rings (SSSR count). The van der Waals surface area contributed by atoms with Gasteiger partial charge in [-0.25, -0.2) is 9.78 Å². The van der Waals surface area contributed by atoms with Crippen molar-refractivity contribution in [1.82, 2.24) is 25.1 Å². The Morgan fingerprint density at radius 3 is 2.47 bits per heavy atom. The molecular formula is C26H36N6O2. The van der Waals surface area contributed by atoms with Gasteiger partial charge in [0.05, 0.1) is 5.56 Å². The second-order valence-electron chi connectivity index (χ2n) is 9.42. The van der Waals surface area contributed by atoms with Gasteiger partial charge in [-0.15, -0.1) is 0 Å². The molecule has 2 fully saturated rings. The summed E-state index contributed by atoms with van der Waals surface area (Å²) < 4.78 is 0. The number of piperazine rings is 1. The second-order valence-corrected chi connectivity index (χ2v) is 9.42. The van der Waals surface area contributed by atoms with Crippen LogP contribution in [0.25, 0.3) is 0 Å². The first-order valence-electron chi connectivity index (χ1n) is 12.5. The summed E-state index contributed by atoms with van der Waals surface area (Å²) in [4.78, 5) is 39.7. The lowest BCUT2D eigenvalue weighted by Gasteiger charge is -2.34. The third-order valence-electron chi connectivity index (χ3n) is 7.00. The maximum absolute atomic E-state index is 12.9. The molecule has 0 aromatic carbocycles. The van der Waals surface area contributed by atoms with Crippen LogP contribution in [0.2, 0.25) is 0 Å². The van der Waals surface area contributed by atoms with Crippen LogP contribution in [0.5, 0.6) is 0 Å². The summed E-state index contributed by atoms with van der Waals surface area (Å²) in [5.74, 6) is 1.72. The van der Waals surface area contributed by atoms with Gasteiger partial charge in [-0.3, -0.25) is 9.78 Å². The second kappa shape index (κ2) is 11.8. The summed E-state index contributed by atoms with van der Waals surface area (Å²) in [6, 6.07) is 7.48. The zero-order chi connectivity index (χ0) is 23.8. The molecule has 8 heteroatoms. The molecule has 1 aliphatic heterocycles. The maximum atomic E-state index is 12.9. The minimum absolute atomic E-state index is 0.0284. The molecule has 8 nitrogen and oxygen atoms in total. The van der Waals surface area contributed by atoms with E-state index in [1.807, 2.05) is 24.3 Å². The molecule has 2 aromatic rings. The molecule has 3 heterocycles. The number of nitrogens with zero attached hydrogens (tertiary/aromatic N) is 5. The molecule has 0 bridgehead atoms. The fraction of sp³-hybridized carbons (Fsp3) is 0.538. The Bertz CT molecular complexity index is 922. The molecule has 1 aliphatic carbocycles. The summed E-state index contributed by atoms with van der Waals surface area (Å²) in [6.07, 6.45) is 13.2. The predicted octanol–water partition coefficient (Wildman–Crippen LogP) is 3.55. The van der Waals surface area contributed by atoms with Crippen molar-refractivity contribution >= 4 is 17.8 Å². The van der Waals surface area contributed by atoms with Crippen LogP contribution in [0.1, 0.15) is 54.4 Å². The highest BCUT2D eigenvalue weighted by Gasteiger charge is 2.25. The third-order valence-corrected chi connectivity index (χ3v) is 7.00. The quantitative estimate of drug-likeness (QED) is 0.678. The summed E-state index contributed by atoms with van der Waals surface area (Å²) in [6.45, 7) is 3.50. The number of urea groups is 1. The average Bonchev–Trinajstić information content (AvgIpc) is 2.91. The maximum Gasteiger partial charge on any atom is 0.317 e. The normalized spacial score (nSPS) is 16.9. The lowest BCUT2D eigenvalue weighted by molar-refractivity contribution is 0.0664. The van der Waals surface area contributed by atoms with Crippen LogP contribution in [0.15, 0.2) is 42.9 Å². The molecule has 0 unspecified atom stereocenters. The van der Waals surface area contributed by atoms with Crippen LogP contribution in [0, 0.1) is 5.92 Å². The molecule has 1 saturated carbocycles. The van der Waals surface area contributed by atoms with Gasteiger partial charge < -0.3 is 20.0 Å². The Hall–Kier alpha value is -3.16. The van der Waals surface area contributed by atoms with Crippen molar-refractivity contribution in [1.29, 1.82) is 0 Å². The van der Waals surface area contributed by atoms with Crippen molar-refractivity contribution in [2.45, 2.75) is 45.1 Å². The number of hydrogen-bond donors (Lipinski definition) is 1. The van der Waals surface area contributed by atoms with E-state index in [1.165, 1.54) is 38.5 Å². The Morgan fingerprint density at radius 2 is 1.79 bits per heavy atom. The summed E-state index contributed by atoms with van der Waals surface area (Å²) in [5.41, 5.74) is 1.55. The molecule has 1 N–H and O–H groups in total. The van der Waals surface area contributed by atoms with Gasteiger partial charge >= 0.3 is 6.03 Å². The molecule has 182 valence electrons. The minimum atomic E-state index is -0.113. The monoisotopic (exact) mass is 464 g/mol. The van der Waals surface area contributed by atoms with Gasteiger partial charge in [-0.2, -0.15) is 0 Å². The molecule has 0 spiro atoms. The Balaban J connectivity index is 1.21. The molecule has 2 aromatic heterocycles. The van der Waals surface area contributed by atoms with Gasteiger partial charge in [0.1, 0.15) is 5.82 Å². The zero-order valence-electron chi connectivity index (χ0n) is 20.2. The number of anilines is 1. The molecule has 2 aliphatic rings. The highest BCUT2D eigenvalue weighted by atomic mass is 16.2. The van der Waals surface area contributed by atoms with E-state index in [4.69, 9.17) is 0 Å². The first-order valence-corrected chi connectivity index (χ1v) is 12.5. The largest absolute Gasteiger partial charge is 0.360 e. The van der Waals surface area contributed by atoms with Crippen LogP contribution in [0.3, 0.4) is 0 Å². The van der Waals surface area contributed by atoms with Gasteiger partial charge in [-0.1, -0.05) is 38.2 Å². The fourth-order valence-corrected chi connectivity index (χ4v) is 4.79. The van der Waals surface area contributed by atoms with Gasteiger partial charge in [0.15, 0.2) is 0 Å². The number of carbonyl (C=O) groups excluding carboxylic acids is 2. The molecular weight excluding hydrogens is 428 g/mol. The van der Waals surface area contributed by atoms with Gasteiger partial charge in [0.2, 0.25) is 0 Å². The Kier molecular flexibility index (Phi) is 8.33. The average molecular weight is 465 g/mol. The molecule has 3 amide bonds. The van der Waals surface area contributed by atoms with Crippen molar-refractivity contribution in [2.24, 2.45) is 5.92 Å². The minimum Gasteiger partial charge on any atom is -0.360 e. The summed E-state index contributed by atoms with van der Waals surface area (Å²) in [7, 11) is 2.07. The van der Waals surface area contributed by atoms with Crippen LogP contribution in [0.4, 0.5) is 10.6 Å². The van der Waals surface area contributed by atoms with E-state index in [0.717, 1.165) is 23.8 Å². The SMILES string of the molecule is CN(CCC1CCCCC1)c1ccc(C(=O)N2CCN(C(=O)NCc3cccnc3)CC2)cn1. The molecule has 34 heavy (non-hydrogen) atoms. The van der Waals surface area contributed by atoms with Crippen molar-refractivity contribution in [3.63, 3.8) is 0 Å². The summed E-state index contributed by atoms with van der Waals surface area (Å²) >= 11 is 0. The first-order chi connectivity index (χ1) is 16.6. The highest BCUT2D eigenvalue weighted by molar-refractivity contribution is 5.94. The van der Waals surface area contributed by atoms with Crippen molar-refractivity contribution in [2.75, 3.05) is 44.7 Å². The third kappa shape index (κ3) is 6.46. The first kappa shape index (κ1) is 24.0. The standard InChI is InChI=1S/C26H36N6O2/c1-30(13-11-21-6-3-2-4-7-21)24-10-9-23(20-28-24)25(33)31-14-16-32(17-15-31)26(34)29-19-22-8-5-12-27-18-22/h5,8-10,12,18,20-21H,2-4,6-7,11,13-17,19H2,1H3,(H,29,34). The van der Waals surface area contributed by atoms with Gasteiger partial charge in [0, 0.05) is 64.9 Å². The highest BCUT2D eigenvalue weighted by Crippen LogP contribution is 2.26. The predicted molar refractivity (Wildman–Crippen MR) is 133 cm³/mol. The Labute approximate surface area is 202 Å². The van der Waals surface area contributed by atoms with Crippen LogP contribution < -0.4 is 10.2 Å². The number of rotatable bonds is 7. The lowest BCUT2D eigenvalue weighted by atomic mass is 9.87. The van der Waals surface area contributed by atoms with Crippen LogP contribution >= 0.6 is 0 Å². The van der Waals surface area contributed by atoms with Crippen LogP contribution in [-0.2, 0) is 6.54 Å². The zero-order valence-corrected chi connectivity index (χ0v) is 20.2. The number of aromatic nitrogens is 2. The topological polar surface area (TPSA) is 81.7 Å². The number of amides is 3. The number of carbonyl (C=O) groups is 2.